The first kappa shape index (κ1) is 34.7. The van der Waals surface area contributed by atoms with E-state index in [1.54, 1.807) is 24.4 Å². The van der Waals surface area contributed by atoms with E-state index < -0.39 is 11.6 Å². The summed E-state index contributed by atoms with van der Waals surface area (Å²) in [5.41, 5.74) is 9.65. The van der Waals surface area contributed by atoms with Gasteiger partial charge in [0.2, 0.25) is 5.88 Å². The Hall–Kier alpha value is -5.40. The summed E-state index contributed by atoms with van der Waals surface area (Å²) in [7, 11) is 1.51. The highest BCUT2D eigenvalue weighted by atomic mass is 19.1. The monoisotopic (exact) mass is 721 g/mol. The average molecular weight is 722 g/mol. The smallest absolute Gasteiger partial charge is 0.319 e. The number of halogens is 2. The molecule has 3 aliphatic heterocycles. The average Bonchev–Trinajstić information content (AvgIpc) is 3.53. The molecule has 3 aliphatic rings. The van der Waals surface area contributed by atoms with Gasteiger partial charge in [0.05, 0.1) is 18.1 Å². The van der Waals surface area contributed by atoms with Gasteiger partial charge in [0, 0.05) is 37.5 Å². The van der Waals surface area contributed by atoms with Gasteiger partial charge in [-0.15, -0.1) is 0 Å². The fourth-order valence-corrected chi connectivity index (χ4v) is 8.22. The number of ether oxygens (including phenoxy) is 4. The molecule has 5 aromatic rings. The lowest BCUT2D eigenvalue weighted by atomic mass is 9.92. The summed E-state index contributed by atoms with van der Waals surface area (Å²) in [5, 5.41) is 1.45. The number of rotatable bonds is 10. The molecule has 53 heavy (non-hydrogen) atoms. The molecule has 0 radical (unpaired) electrons. The van der Waals surface area contributed by atoms with E-state index >= 15 is 8.78 Å². The zero-order chi connectivity index (χ0) is 37.0. The lowest BCUT2D eigenvalue weighted by molar-refractivity contribution is 0.0512. The molecule has 0 aliphatic carbocycles. The second-order valence-corrected chi connectivity index (χ2v) is 14.1. The predicted molar refractivity (Wildman–Crippen MR) is 199 cm³/mol. The van der Waals surface area contributed by atoms with Crippen LogP contribution in [0.25, 0.3) is 32.9 Å². The Morgan fingerprint density at radius 2 is 1.83 bits per heavy atom. The molecule has 1 unspecified atom stereocenters. The van der Waals surface area contributed by atoms with Crippen LogP contribution in [-0.2, 0) is 11.2 Å². The normalized spacial score (nSPS) is 17.3. The van der Waals surface area contributed by atoms with Crippen molar-refractivity contribution >= 4 is 33.3 Å². The lowest BCUT2D eigenvalue weighted by Crippen LogP contribution is -2.43. The van der Waals surface area contributed by atoms with E-state index in [-0.39, 0.29) is 60.1 Å². The Morgan fingerprint density at radius 3 is 2.57 bits per heavy atom. The molecule has 0 saturated carbocycles. The lowest BCUT2D eigenvalue weighted by Gasteiger charge is -2.31. The summed E-state index contributed by atoms with van der Waals surface area (Å²) in [6, 6.07) is 9.85. The number of aromatic nitrogens is 4. The molecular formula is C40H41F2N7O4. The van der Waals surface area contributed by atoms with Crippen molar-refractivity contribution in [2.45, 2.75) is 44.7 Å². The maximum atomic E-state index is 17.5. The maximum Gasteiger partial charge on any atom is 0.319 e. The van der Waals surface area contributed by atoms with Crippen molar-refractivity contribution in [1.29, 1.82) is 0 Å². The molecule has 0 spiro atoms. The zero-order valence-corrected chi connectivity index (χ0v) is 30.0. The third-order valence-corrected chi connectivity index (χ3v) is 10.6. The number of nitrogens with two attached hydrogens (primary N) is 1. The number of aryl methyl sites for hydroxylation is 1. The molecule has 3 aromatic heterocycles. The fraction of sp³-hybridized carbons (Fsp3) is 0.350. The Balaban J connectivity index is 1.34. The second-order valence-electron chi connectivity index (χ2n) is 14.1. The molecule has 274 valence electrons. The van der Waals surface area contributed by atoms with Crippen molar-refractivity contribution in [1.82, 2.24) is 24.8 Å². The van der Waals surface area contributed by atoms with Crippen LogP contribution >= 0.6 is 0 Å². The van der Waals surface area contributed by atoms with E-state index in [4.69, 9.17) is 39.6 Å². The first-order valence-electron chi connectivity index (χ1n) is 17.7. The molecule has 8 rings (SSSR count). The predicted octanol–water partition coefficient (Wildman–Crippen LogP) is 6.94. The fourth-order valence-electron chi connectivity index (χ4n) is 8.22. The van der Waals surface area contributed by atoms with Gasteiger partial charge in [0.1, 0.15) is 53.0 Å². The van der Waals surface area contributed by atoms with Gasteiger partial charge in [-0.25, -0.2) is 18.7 Å². The summed E-state index contributed by atoms with van der Waals surface area (Å²) in [6.45, 7) is 14.6. The number of hydrogen-bond acceptors (Lipinski definition) is 11. The Kier molecular flexibility index (Phi) is 8.86. The Labute approximate surface area is 306 Å². The van der Waals surface area contributed by atoms with Gasteiger partial charge in [0.15, 0.2) is 12.6 Å². The van der Waals surface area contributed by atoms with E-state index in [0.29, 0.717) is 52.3 Å². The SMILES string of the molecule is C=C1CN2CC(=C)CC2(COc2nc3c4c(nc(-c5cc(OCOC)cc6ccc(F)c(CC)c56)c(F)c4n2)OCCN3C(C)c2cccnc2N)C1. The van der Waals surface area contributed by atoms with E-state index in [2.05, 4.69) is 23.0 Å². The zero-order valence-electron chi connectivity index (χ0n) is 30.0. The summed E-state index contributed by atoms with van der Waals surface area (Å²) >= 11 is 0. The summed E-state index contributed by atoms with van der Waals surface area (Å²) in [5.74, 6) is 0.153. The van der Waals surface area contributed by atoms with Gasteiger partial charge in [0.25, 0.3) is 0 Å². The van der Waals surface area contributed by atoms with Gasteiger partial charge in [-0.1, -0.05) is 43.4 Å². The van der Waals surface area contributed by atoms with Crippen LogP contribution in [-0.4, -0.2) is 77.1 Å². The van der Waals surface area contributed by atoms with Crippen molar-refractivity contribution in [2.24, 2.45) is 0 Å². The van der Waals surface area contributed by atoms with Gasteiger partial charge >= 0.3 is 6.01 Å². The standard InChI is InChI=1S/C40H41F2N7O4/c1-6-27-30(41)10-9-25-14-26(53-21-50-5)15-29(31(25)27)34-33(42)35-32-37(47-39(46-35)52-20-40-16-22(2)18-48(40)19-23(3)17-40)49(12-13-51-38(32)45-34)24(4)28-8-7-11-44-36(28)43/h7-11,14-15,24H,2-3,6,12-13,16-21H2,1,4-5H3,(H2,43,44). The molecule has 2 saturated heterocycles. The van der Waals surface area contributed by atoms with E-state index in [1.165, 1.54) is 13.2 Å². The van der Waals surface area contributed by atoms with Crippen LogP contribution in [0.15, 0.2) is 66.9 Å². The van der Waals surface area contributed by atoms with E-state index in [1.807, 2.05) is 30.9 Å². The molecule has 2 aromatic carbocycles. The third kappa shape index (κ3) is 5.97. The van der Waals surface area contributed by atoms with Crippen LogP contribution in [0.5, 0.6) is 17.6 Å². The van der Waals surface area contributed by atoms with Crippen molar-refractivity contribution in [3.05, 3.63) is 89.7 Å². The molecule has 2 fully saturated rings. The largest absolute Gasteiger partial charge is 0.475 e. The topological polar surface area (TPSA) is 121 Å². The summed E-state index contributed by atoms with van der Waals surface area (Å²) in [6.07, 6.45) is 3.50. The van der Waals surface area contributed by atoms with Crippen LogP contribution in [0.3, 0.4) is 0 Å². The van der Waals surface area contributed by atoms with Crippen molar-refractivity contribution < 1.29 is 27.7 Å². The van der Waals surface area contributed by atoms with Crippen molar-refractivity contribution in [2.75, 3.05) is 57.4 Å². The number of hydrogen-bond donors (Lipinski definition) is 1. The number of benzene rings is 2. The summed E-state index contributed by atoms with van der Waals surface area (Å²) in [4.78, 5) is 23.1. The highest BCUT2D eigenvalue weighted by molar-refractivity contribution is 6.03. The van der Waals surface area contributed by atoms with Crippen LogP contribution < -0.4 is 24.8 Å². The van der Waals surface area contributed by atoms with Gasteiger partial charge < -0.3 is 29.6 Å². The van der Waals surface area contributed by atoms with Gasteiger partial charge in [-0.05, 0) is 66.8 Å². The van der Waals surface area contributed by atoms with Gasteiger partial charge in [-0.2, -0.15) is 9.97 Å². The van der Waals surface area contributed by atoms with Gasteiger partial charge in [-0.3, -0.25) is 4.90 Å². The number of nitrogens with zero attached hydrogens (tertiary/aromatic N) is 6. The second kappa shape index (κ2) is 13.5. The molecule has 13 heteroatoms. The number of methoxy groups -OCH3 is 1. The summed E-state index contributed by atoms with van der Waals surface area (Å²) < 4.78 is 56.6. The van der Waals surface area contributed by atoms with Crippen LogP contribution in [0.4, 0.5) is 20.4 Å². The Bertz CT molecular complexity index is 2280. The van der Waals surface area contributed by atoms with Crippen molar-refractivity contribution in [3.8, 4) is 28.9 Å². The number of pyridine rings is 2. The van der Waals surface area contributed by atoms with E-state index in [0.717, 1.165) is 42.6 Å². The molecule has 0 amide bonds. The molecule has 2 N–H and O–H groups in total. The molecule has 6 heterocycles. The third-order valence-electron chi connectivity index (χ3n) is 10.6. The first-order valence-corrected chi connectivity index (χ1v) is 17.7. The number of fused-ring (bicyclic) bond motifs is 2. The minimum absolute atomic E-state index is 0.000522. The highest BCUT2D eigenvalue weighted by Gasteiger charge is 2.48. The van der Waals surface area contributed by atoms with E-state index in [9.17, 15) is 0 Å². The molecule has 1 atom stereocenters. The minimum atomic E-state index is -0.740. The number of nitrogen functional groups attached to an aromatic ring is 1. The Morgan fingerprint density at radius 1 is 1.04 bits per heavy atom. The number of anilines is 2. The van der Waals surface area contributed by atoms with Crippen LogP contribution in [0.2, 0.25) is 0 Å². The molecule has 0 bridgehead atoms. The van der Waals surface area contributed by atoms with Crippen molar-refractivity contribution in [3.63, 3.8) is 0 Å². The highest BCUT2D eigenvalue weighted by Crippen LogP contribution is 2.46. The minimum Gasteiger partial charge on any atom is -0.475 e. The molecule has 11 nitrogen and oxygen atoms in total. The first-order chi connectivity index (χ1) is 25.6. The van der Waals surface area contributed by atoms with Crippen LogP contribution in [0, 0.1) is 11.6 Å². The van der Waals surface area contributed by atoms with Crippen LogP contribution in [0.1, 0.15) is 43.9 Å². The molecular weight excluding hydrogens is 680 g/mol. The maximum absolute atomic E-state index is 17.5. The quantitative estimate of drug-likeness (QED) is 0.119.